The van der Waals surface area contributed by atoms with Crippen LogP contribution in [-0.4, -0.2) is 9.55 Å². The molecule has 0 amide bonds. The van der Waals surface area contributed by atoms with Crippen LogP contribution in [0, 0.1) is 36.0 Å². The lowest BCUT2D eigenvalue weighted by molar-refractivity contribution is -0.0348. The lowest BCUT2D eigenvalue weighted by Gasteiger charge is -2.22. The zero-order chi connectivity index (χ0) is 21.8. The second kappa shape index (κ2) is 6.86. The Bertz CT molecular complexity index is 1270. The van der Waals surface area contributed by atoms with Crippen LogP contribution in [0.25, 0.3) is 22.4 Å². The molecule has 1 heterocycles. The number of hydrogen-bond donors (Lipinski definition) is 0. The van der Waals surface area contributed by atoms with E-state index >= 15 is 8.78 Å². The molecule has 3 aromatic carbocycles. The SMILES string of the molecule is Cc1cccc2c1nc(-c1c(F)cccc1F)n2C(F)(F)c1ccc(F)c(F)c1F. The maximum atomic E-state index is 15.5. The van der Waals surface area contributed by atoms with Crippen LogP contribution in [0.2, 0.25) is 0 Å². The standard InChI is InChI=1S/C21H11F7N2/c1-10-4-2-7-15-19(10)29-20(16-12(22)5-3-6-13(16)23)30(15)21(27,28)11-8-9-14(24)18(26)17(11)25/h2-9H,1H3. The van der Waals surface area contributed by atoms with E-state index in [0.29, 0.717) is 17.7 Å². The molecule has 0 radical (unpaired) electrons. The van der Waals surface area contributed by atoms with Crippen LogP contribution in [0.5, 0.6) is 0 Å². The van der Waals surface area contributed by atoms with Crippen molar-refractivity contribution >= 4 is 11.0 Å². The number of imidazole rings is 1. The first-order valence-electron chi connectivity index (χ1n) is 8.59. The maximum absolute atomic E-state index is 15.5. The number of benzene rings is 3. The van der Waals surface area contributed by atoms with E-state index in [1.165, 1.54) is 25.1 Å². The van der Waals surface area contributed by atoms with Gasteiger partial charge in [-0.05, 0) is 42.8 Å². The van der Waals surface area contributed by atoms with Gasteiger partial charge in [-0.15, -0.1) is 0 Å². The maximum Gasteiger partial charge on any atom is 0.361 e. The molecular formula is C21H11F7N2. The third-order valence-corrected chi connectivity index (χ3v) is 4.71. The minimum absolute atomic E-state index is 0.0159. The van der Waals surface area contributed by atoms with Gasteiger partial charge in [0.25, 0.3) is 0 Å². The van der Waals surface area contributed by atoms with Gasteiger partial charge in [-0.25, -0.2) is 26.9 Å². The Morgan fingerprint density at radius 1 is 0.767 bits per heavy atom. The number of rotatable bonds is 3. The van der Waals surface area contributed by atoms with Crippen molar-refractivity contribution in [3.05, 3.63) is 88.7 Å². The summed E-state index contributed by atoms with van der Waals surface area (Å²) in [5, 5.41) is 0. The quantitative estimate of drug-likeness (QED) is 0.279. The topological polar surface area (TPSA) is 17.8 Å². The summed E-state index contributed by atoms with van der Waals surface area (Å²) < 4.78 is 101. The second-order valence-electron chi connectivity index (χ2n) is 6.57. The fourth-order valence-electron chi connectivity index (χ4n) is 3.28. The Morgan fingerprint density at radius 3 is 2.07 bits per heavy atom. The molecule has 9 heteroatoms. The van der Waals surface area contributed by atoms with Gasteiger partial charge >= 0.3 is 6.05 Å². The lowest BCUT2D eigenvalue weighted by Crippen LogP contribution is -2.27. The van der Waals surface area contributed by atoms with Crippen molar-refractivity contribution in [3.63, 3.8) is 0 Å². The van der Waals surface area contributed by atoms with E-state index in [1.54, 1.807) is 0 Å². The molecule has 0 saturated carbocycles. The molecule has 30 heavy (non-hydrogen) atoms. The van der Waals surface area contributed by atoms with Gasteiger partial charge in [0.1, 0.15) is 11.6 Å². The molecular weight excluding hydrogens is 413 g/mol. The Hall–Kier alpha value is -3.36. The third kappa shape index (κ3) is 2.84. The van der Waals surface area contributed by atoms with Crippen molar-refractivity contribution in [3.8, 4) is 11.4 Å². The van der Waals surface area contributed by atoms with E-state index in [0.717, 1.165) is 18.2 Å². The number of halogens is 7. The van der Waals surface area contributed by atoms with Gasteiger partial charge in [-0.3, -0.25) is 4.57 Å². The molecule has 1 aromatic heterocycles. The summed E-state index contributed by atoms with van der Waals surface area (Å²) in [5.74, 6) is -9.04. The van der Waals surface area contributed by atoms with Crippen molar-refractivity contribution in [2.45, 2.75) is 13.0 Å². The molecule has 0 bridgehead atoms. The summed E-state index contributed by atoms with van der Waals surface area (Å²) in [7, 11) is 0. The van der Waals surface area contributed by atoms with E-state index < -0.39 is 52.1 Å². The van der Waals surface area contributed by atoms with Gasteiger partial charge < -0.3 is 0 Å². The highest BCUT2D eigenvalue weighted by Crippen LogP contribution is 2.41. The molecule has 154 valence electrons. The Kier molecular flexibility index (Phi) is 4.56. The average Bonchev–Trinajstić information content (AvgIpc) is 3.07. The van der Waals surface area contributed by atoms with E-state index in [9.17, 15) is 22.0 Å². The molecule has 0 atom stereocenters. The second-order valence-corrected chi connectivity index (χ2v) is 6.57. The number of aromatic nitrogens is 2. The number of fused-ring (bicyclic) bond motifs is 1. The van der Waals surface area contributed by atoms with Gasteiger partial charge in [-0.1, -0.05) is 18.2 Å². The van der Waals surface area contributed by atoms with Crippen LogP contribution in [0.1, 0.15) is 11.1 Å². The Balaban J connectivity index is 2.13. The minimum Gasteiger partial charge on any atom is -0.259 e. The molecule has 0 N–H and O–H groups in total. The van der Waals surface area contributed by atoms with Gasteiger partial charge in [0.05, 0.1) is 22.2 Å². The molecule has 2 nitrogen and oxygen atoms in total. The summed E-state index contributed by atoms with van der Waals surface area (Å²) in [5.41, 5.74) is -2.26. The summed E-state index contributed by atoms with van der Waals surface area (Å²) in [6.45, 7) is 1.54. The fourth-order valence-corrected chi connectivity index (χ4v) is 3.28. The molecule has 0 spiro atoms. The van der Waals surface area contributed by atoms with E-state index in [1.807, 2.05) is 0 Å². The summed E-state index contributed by atoms with van der Waals surface area (Å²) >= 11 is 0. The molecule has 4 rings (SSSR count). The zero-order valence-electron chi connectivity index (χ0n) is 15.2. The first kappa shape index (κ1) is 19.9. The molecule has 0 fully saturated rings. The summed E-state index contributed by atoms with van der Waals surface area (Å²) in [6, 6.07) is 3.23. The fraction of sp³-hybridized carbons (Fsp3) is 0.0952. The first-order valence-corrected chi connectivity index (χ1v) is 8.59. The lowest BCUT2D eigenvalue weighted by atomic mass is 10.1. The third-order valence-electron chi connectivity index (χ3n) is 4.71. The summed E-state index contributed by atoms with van der Waals surface area (Å²) in [6.07, 6.45) is 0. The van der Waals surface area contributed by atoms with Crippen LogP contribution in [-0.2, 0) is 6.05 Å². The number of alkyl halides is 2. The molecule has 0 aliphatic carbocycles. The number of para-hydroxylation sites is 1. The molecule has 0 aliphatic rings. The van der Waals surface area contributed by atoms with Gasteiger partial charge in [0.15, 0.2) is 23.3 Å². The van der Waals surface area contributed by atoms with Crippen LogP contribution in [0.15, 0.2) is 48.5 Å². The first-order chi connectivity index (χ1) is 14.1. The van der Waals surface area contributed by atoms with E-state index in [2.05, 4.69) is 4.98 Å². The molecule has 0 aliphatic heterocycles. The molecule has 4 aromatic rings. The van der Waals surface area contributed by atoms with Crippen LogP contribution in [0.3, 0.4) is 0 Å². The Labute approximate surface area is 165 Å². The smallest absolute Gasteiger partial charge is 0.259 e. The average molecular weight is 424 g/mol. The predicted molar refractivity (Wildman–Crippen MR) is 95.4 cm³/mol. The van der Waals surface area contributed by atoms with Crippen molar-refractivity contribution in [2.24, 2.45) is 0 Å². The number of nitrogens with zero attached hydrogens (tertiary/aromatic N) is 2. The highest BCUT2D eigenvalue weighted by atomic mass is 19.3. The van der Waals surface area contributed by atoms with Crippen molar-refractivity contribution < 1.29 is 30.7 Å². The highest BCUT2D eigenvalue weighted by Gasteiger charge is 2.42. The van der Waals surface area contributed by atoms with Crippen molar-refractivity contribution in [1.29, 1.82) is 0 Å². The van der Waals surface area contributed by atoms with E-state index in [-0.39, 0.29) is 15.6 Å². The largest absolute Gasteiger partial charge is 0.361 e. The van der Waals surface area contributed by atoms with Gasteiger partial charge in [0, 0.05) is 0 Å². The minimum atomic E-state index is -4.37. The summed E-state index contributed by atoms with van der Waals surface area (Å²) in [4.78, 5) is 3.98. The van der Waals surface area contributed by atoms with E-state index in [4.69, 9.17) is 0 Å². The monoisotopic (exact) mass is 424 g/mol. The predicted octanol–water partition coefficient (Wildman–Crippen LogP) is 6.30. The molecule has 0 saturated heterocycles. The van der Waals surface area contributed by atoms with Crippen LogP contribution in [0.4, 0.5) is 30.7 Å². The number of hydrogen-bond acceptors (Lipinski definition) is 1. The van der Waals surface area contributed by atoms with Gasteiger partial charge in [-0.2, -0.15) is 8.78 Å². The van der Waals surface area contributed by atoms with Crippen LogP contribution < -0.4 is 0 Å². The highest BCUT2D eigenvalue weighted by molar-refractivity contribution is 5.84. The zero-order valence-corrected chi connectivity index (χ0v) is 15.2. The van der Waals surface area contributed by atoms with Crippen molar-refractivity contribution in [1.82, 2.24) is 9.55 Å². The Morgan fingerprint density at radius 2 is 1.40 bits per heavy atom. The van der Waals surface area contributed by atoms with Gasteiger partial charge in [0.2, 0.25) is 0 Å². The van der Waals surface area contributed by atoms with Crippen LogP contribution >= 0.6 is 0 Å². The normalized spacial score (nSPS) is 12.0. The number of aryl methyl sites for hydroxylation is 1. The van der Waals surface area contributed by atoms with Crippen molar-refractivity contribution in [2.75, 3.05) is 0 Å². The molecule has 0 unspecified atom stereocenters.